The van der Waals surface area contributed by atoms with Crippen LogP contribution in [0.5, 0.6) is 5.75 Å². The van der Waals surface area contributed by atoms with E-state index in [0.717, 1.165) is 19.3 Å². The van der Waals surface area contributed by atoms with E-state index < -0.39 is 10.0 Å². The third kappa shape index (κ3) is 4.46. The molecule has 6 heteroatoms. The fourth-order valence-electron chi connectivity index (χ4n) is 2.38. The van der Waals surface area contributed by atoms with Crippen molar-refractivity contribution in [2.75, 3.05) is 13.7 Å². The number of benzene rings is 1. The van der Waals surface area contributed by atoms with Gasteiger partial charge in [-0.15, -0.1) is 0 Å². The van der Waals surface area contributed by atoms with Gasteiger partial charge in [0.2, 0.25) is 10.0 Å². The van der Waals surface area contributed by atoms with E-state index >= 15 is 0 Å². The van der Waals surface area contributed by atoms with Crippen LogP contribution < -0.4 is 9.46 Å². The van der Waals surface area contributed by atoms with Crippen LogP contribution in [0.2, 0.25) is 5.02 Å². The minimum atomic E-state index is -3.53. The molecule has 0 bridgehead atoms. The summed E-state index contributed by atoms with van der Waals surface area (Å²) in [7, 11) is -2.03. The molecule has 0 radical (unpaired) electrons. The molecule has 1 aromatic rings. The van der Waals surface area contributed by atoms with Crippen molar-refractivity contribution in [3.05, 3.63) is 34.9 Å². The third-order valence-corrected chi connectivity index (χ3v) is 5.31. The molecule has 4 nitrogen and oxygen atoms in total. The van der Waals surface area contributed by atoms with Gasteiger partial charge in [-0.05, 0) is 50.3 Å². The van der Waals surface area contributed by atoms with Crippen LogP contribution in [0.3, 0.4) is 0 Å². The average Bonchev–Trinajstić information content (AvgIpc) is 2.48. The molecule has 0 atom stereocenters. The van der Waals surface area contributed by atoms with Crippen molar-refractivity contribution in [3.8, 4) is 5.75 Å². The number of hydrogen-bond donors (Lipinski definition) is 1. The second-order valence-electron chi connectivity index (χ2n) is 5.05. The summed E-state index contributed by atoms with van der Waals surface area (Å²) in [6.45, 7) is 0.414. The fourth-order valence-corrected chi connectivity index (χ4v) is 3.76. The summed E-state index contributed by atoms with van der Waals surface area (Å²) >= 11 is 5.97. The monoisotopic (exact) mass is 329 g/mol. The van der Waals surface area contributed by atoms with Crippen LogP contribution in [0.15, 0.2) is 34.7 Å². The smallest absolute Gasteiger partial charge is 0.240 e. The maximum absolute atomic E-state index is 12.2. The van der Waals surface area contributed by atoms with E-state index in [4.69, 9.17) is 16.3 Å². The Morgan fingerprint density at radius 3 is 2.76 bits per heavy atom. The minimum absolute atomic E-state index is 0.158. The Bertz CT molecular complexity index is 626. The Labute approximate surface area is 131 Å². The van der Waals surface area contributed by atoms with Crippen LogP contribution in [0.4, 0.5) is 0 Å². The SMILES string of the molecule is COc1ccc(S(=O)(=O)NCCC2=CCCCC2)cc1Cl. The molecule has 0 fully saturated rings. The molecule has 0 aliphatic heterocycles. The largest absolute Gasteiger partial charge is 0.495 e. The highest BCUT2D eigenvalue weighted by atomic mass is 35.5. The van der Waals surface area contributed by atoms with E-state index in [1.165, 1.54) is 37.7 Å². The van der Waals surface area contributed by atoms with Crippen LogP contribution in [0, 0.1) is 0 Å². The molecule has 0 amide bonds. The zero-order valence-electron chi connectivity index (χ0n) is 12.1. The van der Waals surface area contributed by atoms with E-state index in [-0.39, 0.29) is 9.92 Å². The van der Waals surface area contributed by atoms with Crippen LogP contribution in [0.25, 0.3) is 0 Å². The first-order valence-electron chi connectivity index (χ1n) is 7.04. The molecule has 1 aliphatic rings. The van der Waals surface area contributed by atoms with Crippen molar-refractivity contribution in [1.29, 1.82) is 0 Å². The first kappa shape index (κ1) is 16.3. The first-order chi connectivity index (χ1) is 10.0. The lowest BCUT2D eigenvalue weighted by molar-refractivity contribution is 0.414. The van der Waals surface area contributed by atoms with Crippen LogP contribution in [-0.2, 0) is 10.0 Å². The molecule has 116 valence electrons. The zero-order chi connectivity index (χ0) is 15.3. The normalized spacial score (nSPS) is 15.6. The molecule has 2 rings (SSSR count). The predicted octanol–water partition coefficient (Wildman–Crippen LogP) is 3.52. The number of halogens is 1. The number of nitrogens with one attached hydrogen (secondary N) is 1. The van der Waals surface area contributed by atoms with Crippen LogP contribution >= 0.6 is 11.6 Å². The Kier molecular flexibility index (Phi) is 5.67. The number of allylic oxidation sites excluding steroid dienone is 1. The molecule has 1 N–H and O–H groups in total. The van der Waals surface area contributed by atoms with Gasteiger partial charge in [0, 0.05) is 6.54 Å². The van der Waals surface area contributed by atoms with Gasteiger partial charge >= 0.3 is 0 Å². The van der Waals surface area contributed by atoms with E-state index in [1.807, 2.05) is 0 Å². The number of sulfonamides is 1. The van der Waals surface area contributed by atoms with Crippen molar-refractivity contribution in [2.45, 2.75) is 37.0 Å². The van der Waals surface area contributed by atoms with Gasteiger partial charge in [-0.25, -0.2) is 13.1 Å². The number of methoxy groups -OCH3 is 1. The lowest BCUT2D eigenvalue weighted by Gasteiger charge is -2.13. The number of rotatable bonds is 6. The van der Waals surface area contributed by atoms with Gasteiger partial charge in [0.25, 0.3) is 0 Å². The van der Waals surface area contributed by atoms with Gasteiger partial charge in [0.15, 0.2) is 0 Å². The molecule has 1 aliphatic carbocycles. The minimum Gasteiger partial charge on any atom is -0.495 e. The van der Waals surface area contributed by atoms with Gasteiger partial charge in [-0.3, -0.25) is 0 Å². The summed E-state index contributed by atoms with van der Waals surface area (Å²) in [5.74, 6) is 0.461. The molecule has 0 spiro atoms. The van der Waals surface area contributed by atoms with Gasteiger partial charge < -0.3 is 4.74 Å². The highest BCUT2D eigenvalue weighted by Crippen LogP contribution is 2.27. The fraction of sp³-hybridized carbons (Fsp3) is 0.467. The van der Waals surface area contributed by atoms with E-state index in [2.05, 4.69) is 10.8 Å². The summed E-state index contributed by atoms with van der Waals surface area (Å²) in [5.41, 5.74) is 1.34. The summed E-state index contributed by atoms with van der Waals surface area (Å²) in [4.78, 5) is 0.158. The highest BCUT2D eigenvalue weighted by molar-refractivity contribution is 7.89. The van der Waals surface area contributed by atoms with Crippen molar-refractivity contribution >= 4 is 21.6 Å². The molecule has 1 aromatic carbocycles. The molecular formula is C15H20ClNO3S. The van der Waals surface area contributed by atoms with E-state index in [0.29, 0.717) is 12.3 Å². The van der Waals surface area contributed by atoms with Crippen LogP contribution in [-0.4, -0.2) is 22.1 Å². The third-order valence-electron chi connectivity index (χ3n) is 3.56. The molecule has 0 unspecified atom stereocenters. The predicted molar refractivity (Wildman–Crippen MR) is 84.4 cm³/mol. The van der Waals surface area contributed by atoms with Crippen molar-refractivity contribution < 1.29 is 13.2 Å². The lowest BCUT2D eigenvalue weighted by atomic mass is 9.97. The topological polar surface area (TPSA) is 55.4 Å². The lowest BCUT2D eigenvalue weighted by Crippen LogP contribution is -2.25. The Morgan fingerprint density at radius 2 is 2.14 bits per heavy atom. The molecule has 21 heavy (non-hydrogen) atoms. The van der Waals surface area contributed by atoms with Crippen molar-refractivity contribution in [1.82, 2.24) is 4.72 Å². The molecule has 0 heterocycles. The van der Waals surface area contributed by atoms with Gasteiger partial charge in [0.1, 0.15) is 5.75 Å². The van der Waals surface area contributed by atoms with Gasteiger partial charge in [-0.2, -0.15) is 0 Å². The Morgan fingerprint density at radius 1 is 1.33 bits per heavy atom. The van der Waals surface area contributed by atoms with Crippen LogP contribution in [0.1, 0.15) is 32.1 Å². The standard InChI is InChI=1S/C15H20ClNO3S/c1-20-15-8-7-13(11-14(15)16)21(18,19)17-10-9-12-5-3-2-4-6-12/h5,7-8,11,17H,2-4,6,9-10H2,1H3. The van der Waals surface area contributed by atoms with E-state index in [1.54, 1.807) is 6.07 Å². The summed E-state index contributed by atoms with van der Waals surface area (Å²) in [6.07, 6.45) is 7.61. The molecule has 0 saturated carbocycles. The van der Waals surface area contributed by atoms with E-state index in [9.17, 15) is 8.42 Å². The molecule has 0 aromatic heterocycles. The summed E-state index contributed by atoms with van der Waals surface area (Å²) in [5, 5.41) is 0.287. The Hall–Kier alpha value is -1.04. The second-order valence-corrected chi connectivity index (χ2v) is 7.23. The van der Waals surface area contributed by atoms with Crippen molar-refractivity contribution in [3.63, 3.8) is 0 Å². The summed E-state index contributed by atoms with van der Waals surface area (Å²) < 4.78 is 32.0. The van der Waals surface area contributed by atoms with Gasteiger partial charge in [0.05, 0.1) is 17.0 Å². The number of ether oxygens (including phenoxy) is 1. The number of hydrogen-bond acceptors (Lipinski definition) is 3. The molecular weight excluding hydrogens is 310 g/mol. The first-order valence-corrected chi connectivity index (χ1v) is 8.90. The molecule has 0 saturated heterocycles. The summed E-state index contributed by atoms with van der Waals surface area (Å²) in [6, 6.07) is 4.45. The van der Waals surface area contributed by atoms with Gasteiger partial charge in [-0.1, -0.05) is 23.3 Å². The maximum Gasteiger partial charge on any atom is 0.240 e. The zero-order valence-corrected chi connectivity index (χ0v) is 13.6. The second kappa shape index (κ2) is 7.29. The average molecular weight is 330 g/mol. The maximum atomic E-state index is 12.2. The highest BCUT2D eigenvalue weighted by Gasteiger charge is 2.16. The Balaban J connectivity index is 1.98. The van der Waals surface area contributed by atoms with Crippen molar-refractivity contribution in [2.24, 2.45) is 0 Å². The quantitative estimate of drug-likeness (QED) is 0.812.